The van der Waals surface area contributed by atoms with Gasteiger partial charge in [-0.25, -0.2) is 28.9 Å². The lowest BCUT2D eigenvalue weighted by molar-refractivity contribution is -0.183. The van der Waals surface area contributed by atoms with Crippen molar-refractivity contribution in [1.82, 2.24) is 34.1 Å². The molecule has 74 heavy (non-hydrogen) atoms. The number of phosphoric ester groups is 1. The highest BCUT2D eigenvalue weighted by Gasteiger charge is 2.67. The molecule has 2 unspecified atom stereocenters. The second-order valence-electron chi connectivity index (χ2n) is 19.7. The molecule has 10 atom stereocenters. The maximum Gasteiger partial charge on any atom is 0.472 e. The van der Waals surface area contributed by atoms with Crippen LogP contribution in [0.15, 0.2) is 60.3 Å². The van der Waals surface area contributed by atoms with E-state index in [9.17, 15) is 29.1 Å². The smallest absolute Gasteiger partial charge is 0.414 e. The number of halogens is 1. The predicted octanol–water partition coefficient (Wildman–Crippen LogP) is 6.51. The summed E-state index contributed by atoms with van der Waals surface area (Å²) in [6.07, 6.45) is -5.05. The van der Waals surface area contributed by atoms with Crippen molar-refractivity contribution in [2.24, 2.45) is 0 Å². The van der Waals surface area contributed by atoms with Crippen LogP contribution in [0.3, 0.4) is 0 Å². The van der Waals surface area contributed by atoms with Crippen molar-refractivity contribution < 1.29 is 68.8 Å². The zero-order valence-electron chi connectivity index (χ0n) is 41.6. The number of hydrogen-bond acceptors (Lipinski definition) is 20. The number of nitrogens with zero attached hydrogens (tertiary/aromatic N) is 7. The molecule has 9 rings (SSSR count). The second-order valence-corrected chi connectivity index (χ2v) is 32.7. The number of phosphoric acid groups is 1. The lowest BCUT2D eigenvalue weighted by atomic mass is 10.0. The van der Waals surface area contributed by atoms with E-state index in [0.717, 1.165) is 12.5 Å². The highest BCUT2D eigenvalue weighted by molar-refractivity contribution is 8.07. The molecule has 0 aliphatic carbocycles. The Labute approximate surface area is 431 Å². The number of nitriles is 1. The zero-order valence-corrected chi connectivity index (χ0v) is 46.2. The lowest BCUT2D eigenvalue weighted by Gasteiger charge is -2.47. The van der Waals surface area contributed by atoms with Crippen LogP contribution >= 0.6 is 14.5 Å². The van der Waals surface area contributed by atoms with Gasteiger partial charge in [-0.05, 0) is 46.1 Å². The monoisotopic (exact) mass is 1120 g/mol. The summed E-state index contributed by atoms with van der Waals surface area (Å²) in [6, 6.07) is 10.5. The first kappa shape index (κ1) is 54.7. The standard InChI is InChI=1S/C44H58FN9O15P2SSi2/c1-24(2)73(59,25(3)4)69-74(26(5)6,27(7)8)68-33-30-18-62-70(57,58)67-36-35-43(54-23-51-32-37(47-21-49-39(32)54)52-40(55)28-13-10-9-11-14-28)65-44(36,19-60-35)20-63-71(72,61-16-12-15-46)66-34(33)42(64-30)53-17-29(45)31-38(53)48-22-50-41(31)56/h9-11,13-14,17,21-27,30,33-36,42-43,59H,12,16,18-20H2,1-8H3,(H,57,58)(H,48,50,56)(H,47,49,52,55)/t30-,33-,34-,35-,36+,42-,43-,44-,71?/m1/s1. The number of H-pyrrole nitrogens is 1. The molecule has 0 spiro atoms. The number of carbonyl (C=O) groups excluding carboxylic acids is 1. The van der Waals surface area contributed by atoms with Crippen molar-refractivity contribution in [3.05, 3.63) is 77.2 Å². The van der Waals surface area contributed by atoms with Gasteiger partial charge in [0.25, 0.3) is 11.5 Å². The molecular formula is C44H58FN9O15P2SSi2. The fourth-order valence-electron chi connectivity index (χ4n) is 9.89. The Balaban J connectivity index is 1.13. The van der Waals surface area contributed by atoms with Crippen LogP contribution in [-0.2, 0) is 61.7 Å². The van der Waals surface area contributed by atoms with Crippen molar-refractivity contribution in [2.75, 3.05) is 31.7 Å². The van der Waals surface area contributed by atoms with Crippen LogP contribution in [0.4, 0.5) is 10.2 Å². The number of aromatic nitrogens is 7. The minimum absolute atomic E-state index is 0.0918. The van der Waals surface area contributed by atoms with Gasteiger partial charge in [0.05, 0.1) is 51.6 Å². The van der Waals surface area contributed by atoms with Gasteiger partial charge in [0.2, 0.25) is 0 Å². The maximum atomic E-state index is 15.9. The number of carbonyl (C=O) groups is 1. The van der Waals surface area contributed by atoms with E-state index in [1.165, 1.54) is 21.8 Å². The molecule has 4 aliphatic rings. The second kappa shape index (κ2) is 21.0. The van der Waals surface area contributed by atoms with Gasteiger partial charge >= 0.3 is 31.7 Å². The summed E-state index contributed by atoms with van der Waals surface area (Å²) >= 11 is 6.22. The van der Waals surface area contributed by atoms with Gasteiger partial charge in [0.15, 0.2) is 40.9 Å². The fraction of sp³-hybridized carbons (Fsp3) is 0.568. The lowest BCUT2D eigenvalue weighted by Crippen LogP contribution is -2.62. The van der Waals surface area contributed by atoms with Gasteiger partial charge in [-0.15, -0.1) is 0 Å². The van der Waals surface area contributed by atoms with Crippen LogP contribution in [0, 0.1) is 17.1 Å². The number of hydrogen-bond donors (Lipinski definition) is 4. The molecule has 24 nitrogen and oxygen atoms in total. The largest absolute Gasteiger partial charge is 0.472 e. The van der Waals surface area contributed by atoms with Gasteiger partial charge in [0, 0.05) is 11.8 Å². The van der Waals surface area contributed by atoms with Crippen LogP contribution in [-0.4, -0.2) is 129 Å². The Morgan fingerprint density at radius 3 is 2.42 bits per heavy atom. The first-order valence-electron chi connectivity index (χ1n) is 24.0. The molecule has 4 saturated heterocycles. The topological polar surface area (TPSA) is 297 Å². The van der Waals surface area contributed by atoms with Crippen LogP contribution in [0.25, 0.3) is 22.2 Å². The van der Waals surface area contributed by atoms with Gasteiger partial charge in [-0.3, -0.25) is 27.7 Å². The summed E-state index contributed by atoms with van der Waals surface area (Å²) in [6.45, 7) is 8.98. The van der Waals surface area contributed by atoms with Crippen LogP contribution in [0.5, 0.6) is 0 Å². The molecule has 1 aromatic carbocycles. The van der Waals surface area contributed by atoms with E-state index in [2.05, 4.69) is 30.2 Å². The normalized spacial score (nSPS) is 29.7. The summed E-state index contributed by atoms with van der Waals surface area (Å²) in [5.74, 6) is -1.32. The van der Waals surface area contributed by atoms with Crippen molar-refractivity contribution in [2.45, 2.75) is 133 Å². The number of benzene rings is 1. The molecule has 400 valence electrons. The van der Waals surface area contributed by atoms with Gasteiger partial charge in [-0.1, -0.05) is 73.6 Å². The molecule has 4 N–H and O–H groups in total. The number of aromatic amines is 1. The number of anilines is 1. The predicted molar refractivity (Wildman–Crippen MR) is 269 cm³/mol. The van der Waals surface area contributed by atoms with E-state index < -0.39 is 116 Å². The first-order valence-corrected chi connectivity index (χ1v) is 32.0. The SMILES string of the molecule is CC(C)[Si](O)(O[Si](O[C@H]1[C@H]2OP(=S)(OCCC#N)OC[C@@]34CO[C@@H]([C@H](n5cnc6c(NC(=O)c7ccccc7)ncnc65)O3)[C@@H]4OP(=O)(O)OC[C@H]1O[C@H]2n1cc(F)c2c(=O)[nH]cnc21)(C(C)C)C(C)C)C(C)C. The summed E-state index contributed by atoms with van der Waals surface area (Å²) in [5.41, 5.74) is -3.31. The Hall–Kier alpha value is -4.09. The molecule has 5 aromatic rings. The van der Waals surface area contributed by atoms with E-state index in [1.807, 2.05) is 61.5 Å². The summed E-state index contributed by atoms with van der Waals surface area (Å²) in [5, 5.41) is 12.0. The molecule has 0 saturated carbocycles. The van der Waals surface area contributed by atoms with Gasteiger partial charge < -0.3 is 56.4 Å². The van der Waals surface area contributed by atoms with E-state index in [1.54, 1.807) is 30.3 Å². The van der Waals surface area contributed by atoms with E-state index >= 15 is 4.39 Å². The number of fused-ring (bicyclic) bond motifs is 4. The number of nitrogens with one attached hydrogen (secondary N) is 2. The molecule has 8 heterocycles. The number of imidazole rings is 1. The van der Waals surface area contributed by atoms with Gasteiger partial charge in [-0.2, -0.15) is 5.26 Å². The van der Waals surface area contributed by atoms with Crippen LogP contribution < -0.4 is 10.9 Å². The van der Waals surface area contributed by atoms with Gasteiger partial charge in [0.1, 0.15) is 47.8 Å². The van der Waals surface area contributed by atoms with Crippen LogP contribution in [0.1, 0.15) is 84.6 Å². The van der Waals surface area contributed by atoms with Crippen molar-refractivity contribution >= 4 is 77.4 Å². The number of rotatable bonds is 15. The Morgan fingerprint density at radius 1 is 1.00 bits per heavy atom. The fourth-order valence-corrected chi connectivity index (χ4v) is 22.9. The molecule has 1 amide bonds. The molecule has 4 fully saturated rings. The third-order valence-electron chi connectivity index (χ3n) is 13.7. The Kier molecular flexibility index (Phi) is 15.6. The number of ether oxygens (including phenoxy) is 3. The molecule has 4 aliphatic heterocycles. The van der Waals surface area contributed by atoms with Crippen molar-refractivity contribution in [3.63, 3.8) is 0 Å². The summed E-state index contributed by atoms with van der Waals surface area (Å²) in [7, 11) is -12.7. The Bertz CT molecular complexity index is 3080. The highest BCUT2D eigenvalue weighted by atomic mass is 32.5. The third kappa shape index (κ3) is 10.1. The van der Waals surface area contributed by atoms with Crippen LogP contribution in [0.2, 0.25) is 22.2 Å². The molecular weight excluding hydrogens is 1060 g/mol. The molecule has 4 aromatic heterocycles. The average Bonchev–Trinajstić information content (AvgIpc) is 4.17. The minimum atomic E-state index is -5.21. The zero-order chi connectivity index (χ0) is 53.1. The van der Waals surface area contributed by atoms with E-state index in [-0.39, 0.29) is 64.4 Å². The molecule has 4 bridgehead atoms. The average molecular weight is 1120 g/mol. The third-order valence-corrected chi connectivity index (χ3v) is 26.8. The van der Waals surface area contributed by atoms with E-state index in [4.69, 9.17) is 57.2 Å². The summed E-state index contributed by atoms with van der Waals surface area (Å²) < 4.78 is 98.9. The highest BCUT2D eigenvalue weighted by Crippen LogP contribution is 2.61. The molecule has 30 heteroatoms. The van der Waals surface area contributed by atoms with Crippen molar-refractivity contribution in [1.29, 1.82) is 5.26 Å². The number of amides is 1. The first-order chi connectivity index (χ1) is 35.1. The van der Waals surface area contributed by atoms with Crippen molar-refractivity contribution in [3.8, 4) is 6.07 Å². The Morgan fingerprint density at radius 2 is 1.73 bits per heavy atom. The molecule has 0 radical (unpaired) electrons. The maximum absolute atomic E-state index is 15.9. The minimum Gasteiger partial charge on any atom is -0.414 e. The quantitative estimate of drug-likeness (QED) is 0.0493. The van der Waals surface area contributed by atoms with E-state index in [0.29, 0.717) is 5.56 Å². The summed E-state index contributed by atoms with van der Waals surface area (Å²) in [4.78, 5) is 70.3.